The van der Waals surface area contributed by atoms with E-state index in [1.54, 1.807) is 11.0 Å². The Balaban J connectivity index is 1.80. The van der Waals surface area contributed by atoms with Gasteiger partial charge in [-0.1, -0.05) is 56.0 Å². The van der Waals surface area contributed by atoms with Crippen LogP contribution >= 0.6 is 0 Å². The monoisotopic (exact) mass is 356 g/mol. The molecule has 0 radical (unpaired) electrons. The molecule has 1 aromatic carbocycles. The van der Waals surface area contributed by atoms with Gasteiger partial charge >= 0.3 is 0 Å². The maximum Gasteiger partial charge on any atom is 0.246 e. The predicted molar refractivity (Wildman–Crippen MR) is 107 cm³/mol. The highest BCUT2D eigenvalue weighted by molar-refractivity contribution is 5.92. The van der Waals surface area contributed by atoms with Crippen LogP contribution in [0.25, 0.3) is 6.08 Å². The van der Waals surface area contributed by atoms with Crippen LogP contribution in [0.5, 0.6) is 0 Å². The molecule has 0 bridgehead atoms. The topological polar surface area (TPSA) is 49.4 Å². The summed E-state index contributed by atoms with van der Waals surface area (Å²) >= 11 is 0. The minimum Gasteiger partial charge on any atom is -0.356 e. The third-order valence-electron chi connectivity index (χ3n) is 4.93. The van der Waals surface area contributed by atoms with Gasteiger partial charge in [-0.15, -0.1) is 0 Å². The van der Waals surface area contributed by atoms with Gasteiger partial charge in [0.05, 0.1) is 5.92 Å². The van der Waals surface area contributed by atoms with Crippen LogP contribution in [0.1, 0.15) is 56.6 Å². The van der Waals surface area contributed by atoms with Gasteiger partial charge in [-0.05, 0) is 37.8 Å². The number of hydrogen-bond donors (Lipinski definition) is 1. The molecule has 26 heavy (non-hydrogen) atoms. The van der Waals surface area contributed by atoms with Gasteiger partial charge in [0.2, 0.25) is 11.8 Å². The third-order valence-corrected chi connectivity index (χ3v) is 4.93. The minimum absolute atomic E-state index is 0.00831. The van der Waals surface area contributed by atoms with Crippen molar-refractivity contribution in [2.45, 2.75) is 52.4 Å². The van der Waals surface area contributed by atoms with E-state index in [-0.39, 0.29) is 17.7 Å². The zero-order chi connectivity index (χ0) is 18.8. The Bertz CT molecular complexity index is 607. The second-order valence-corrected chi connectivity index (χ2v) is 7.22. The minimum atomic E-state index is -0.0772. The van der Waals surface area contributed by atoms with Gasteiger partial charge in [0.15, 0.2) is 0 Å². The van der Waals surface area contributed by atoms with Crippen molar-refractivity contribution in [1.82, 2.24) is 10.2 Å². The number of carbonyl (C=O) groups excluding carboxylic acids is 2. The molecule has 1 unspecified atom stereocenters. The second-order valence-electron chi connectivity index (χ2n) is 7.22. The van der Waals surface area contributed by atoms with Crippen LogP contribution in [-0.2, 0) is 9.59 Å². The van der Waals surface area contributed by atoms with E-state index in [1.807, 2.05) is 37.3 Å². The van der Waals surface area contributed by atoms with E-state index in [1.165, 1.54) is 18.4 Å². The number of piperidine rings is 1. The van der Waals surface area contributed by atoms with Crippen LogP contribution in [0.3, 0.4) is 0 Å². The quantitative estimate of drug-likeness (QED) is 0.566. The third kappa shape index (κ3) is 6.66. The Morgan fingerprint density at radius 3 is 2.69 bits per heavy atom. The number of aryl methyl sites for hydroxylation is 1. The SMILES string of the molecule is CCCCCCNC(=O)C1CCCN(C(=O)/C=C/c2ccc(C)cc2)C1. The van der Waals surface area contributed by atoms with Gasteiger partial charge in [-0.3, -0.25) is 9.59 Å². The normalized spacial score (nSPS) is 17.5. The molecule has 0 aromatic heterocycles. The van der Waals surface area contributed by atoms with Crippen LogP contribution in [0.2, 0.25) is 0 Å². The Labute approximate surface area is 157 Å². The zero-order valence-corrected chi connectivity index (χ0v) is 16.2. The lowest BCUT2D eigenvalue weighted by Gasteiger charge is -2.31. The van der Waals surface area contributed by atoms with Gasteiger partial charge in [0.1, 0.15) is 0 Å². The first-order valence-corrected chi connectivity index (χ1v) is 9.91. The Morgan fingerprint density at radius 2 is 1.96 bits per heavy atom. The molecule has 2 amide bonds. The number of carbonyl (C=O) groups is 2. The summed E-state index contributed by atoms with van der Waals surface area (Å²) in [4.78, 5) is 26.6. The zero-order valence-electron chi connectivity index (χ0n) is 16.2. The van der Waals surface area contributed by atoms with Gasteiger partial charge < -0.3 is 10.2 Å². The molecule has 1 aromatic rings. The lowest BCUT2D eigenvalue weighted by molar-refractivity contribution is -0.132. The number of unbranched alkanes of at least 4 members (excludes halogenated alkanes) is 3. The van der Waals surface area contributed by atoms with Crippen molar-refractivity contribution >= 4 is 17.9 Å². The van der Waals surface area contributed by atoms with Gasteiger partial charge in [-0.25, -0.2) is 0 Å². The molecular formula is C22H32N2O2. The fourth-order valence-electron chi connectivity index (χ4n) is 3.25. The van der Waals surface area contributed by atoms with Crippen molar-refractivity contribution in [3.8, 4) is 0 Å². The lowest BCUT2D eigenvalue weighted by atomic mass is 9.97. The second kappa shape index (κ2) is 10.8. The summed E-state index contributed by atoms with van der Waals surface area (Å²) in [6, 6.07) is 8.08. The highest BCUT2D eigenvalue weighted by Crippen LogP contribution is 2.17. The number of likely N-dealkylation sites (tertiary alicyclic amines) is 1. The molecule has 0 aliphatic carbocycles. The van der Waals surface area contributed by atoms with Crippen molar-refractivity contribution in [3.05, 3.63) is 41.5 Å². The summed E-state index contributed by atoms with van der Waals surface area (Å²) in [6.07, 6.45) is 9.84. The molecule has 4 nitrogen and oxygen atoms in total. The molecule has 1 fully saturated rings. The molecule has 1 aliphatic rings. The Kier molecular flexibility index (Phi) is 8.39. The van der Waals surface area contributed by atoms with E-state index >= 15 is 0 Å². The molecule has 4 heteroatoms. The van der Waals surface area contributed by atoms with E-state index in [0.29, 0.717) is 6.54 Å². The fraction of sp³-hybridized carbons (Fsp3) is 0.545. The summed E-state index contributed by atoms with van der Waals surface area (Å²) < 4.78 is 0. The van der Waals surface area contributed by atoms with Gasteiger partial charge in [0.25, 0.3) is 0 Å². The summed E-state index contributed by atoms with van der Waals surface area (Å²) in [5.41, 5.74) is 2.22. The highest BCUT2D eigenvalue weighted by atomic mass is 16.2. The first kappa shape index (κ1) is 20.2. The molecule has 1 heterocycles. The highest BCUT2D eigenvalue weighted by Gasteiger charge is 2.27. The molecule has 1 aliphatic heterocycles. The maximum atomic E-state index is 12.4. The molecule has 142 valence electrons. The Hall–Kier alpha value is -2.10. The molecule has 1 saturated heterocycles. The van der Waals surface area contributed by atoms with Crippen LogP contribution < -0.4 is 5.32 Å². The van der Waals surface area contributed by atoms with E-state index in [9.17, 15) is 9.59 Å². The number of benzene rings is 1. The summed E-state index contributed by atoms with van der Waals surface area (Å²) in [5.74, 6) is 0.0131. The average molecular weight is 357 g/mol. The average Bonchev–Trinajstić information content (AvgIpc) is 2.67. The smallest absolute Gasteiger partial charge is 0.246 e. The first-order valence-electron chi connectivity index (χ1n) is 9.91. The van der Waals surface area contributed by atoms with Crippen LogP contribution in [0, 0.1) is 12.8 Å². The number of nitrogens with one attached hydrogen (secondary N) is 1. The van der Waals surface area contributed by atoms with Crippen molar-refractivity contribution < 1.29 is 9.59 Å². The number of hydrogen-bond acceptors (Lipinski definition) is 2. The molecule has 2 rings (SSSR count). The predicted octanol–water partition coefficient (Wildman–Crippen LogP) is 3.94. The summed E-state index contributed by atoms with van der Waals surface area (Å²) in [5, 5.41) is 3.04. The molecule has 0 saturated carbocycles. The summed E-state index contributed by atoms with van der Waals surface area (Å²) in [7, 11) is 0. The van der Waals surface area contributed by atoms with Crippen LogP contribution in [-0.4, -0.2) is 36.3 Å². The van der Waals surface area contributed by atoms with E-state index in [4.69, 9.17) is 0 Å². The van der Waals surface area contributed by atoms with Crippen molar-refractivity contribution in [2.75, 3.05) is 19.6 Å². The molecule has 1 N–H and O–H groups in total. The van der Waals surface area contributed by atoms with E-state index in [2.05, 4.69) is 12.2 Å². The fourth-order valence-corrected chi connectivity index (χ4v) is 3.25. The van der Waals surface area contributed by atoms with Crippen molar-refractivity contribution in [2.24, 2.45) is 5.92 Å². The molecule has 1 atom stereocenters. The number of amides is 2. The largest absolute Gasteiger partial charge is 0.356 e. The molecule has 0 spiro atoms. The summed E-state index contributed by atoms with van der Waals surface area (Å²) in [6.45, 7) is 6.23. The van der Waals surface area contributed by atoms with Crippen LogP contribution in [0.15, 0.2) is 30.3 Å². The molecular weight excluding hydrogens is 324 g/mol. The van der Waals surface area contributed by atoms with Crippen LogP contribution in [0.4, 0.5) is 0 Å². The van der Waals surface area contributed by atoms with E-state index in [0.717, 1.165) is 44.3 Å². The Morgan fingerprint density at radius 1 is 1.19 bits per heavy atom. The maximum absolute atomic E-state index is 12.4. The standard InChI is InChI=1S/C22H32N2O2/c1-3-4-5-6-15-23-22(26)20-8-7-16-24(17-20)21(25)14-13-19-11-9-18(2)10-12-19/h9-14,20H,3-8,15-17H2,1-2H3,(H,23,26)/b14-13+. The number of rotatable bonds is 8. The number of nitrogens with zero attached hydrogens (tertiary/aromatic N) is 1. The van der Waals surface area contributed by atoms with Gasteiger partial charge in [0, 0.05) is 25.7 Å². The van der Waals surface area contributed by atoms with Gasteiger partial charge in [-0.2, -0.15) is 0 Å². The first-order chi connectivity index (χ1) is 12.6. The van der Waals surface area contributed by atoms with Crippen molar-refractivity contribution in [3.63, 3.8) is 0 Å². The van der Waals surface area contributed by atoms with E-state index < -0.39 is 0 Å². The van der Waals surface area contributed by atoms with Crippen molar-refractivity contribution in [1.29, 1.82) is 0 Å². The lowest BCUT2D eigenvalue weighted by Crippen LogP contribution is -2.45.